The Morgan fingerprint density at radius 3 is 2.37 bits per heavy atom. The number of fused-ring (bicyclic) bond motifs is 1. The van der Waals surface area contributed by atoms with Crippen LogP contribution in [0.5, 0.6) is 5.75 Å². The van der Waals surface area contributed by atoms with E-state index < -0.39 is 44.2 Å². The summed E-state index contributed by atoms with van der Waals surface area (Å²) >= 11 is 0. The summed E-state index contributed by atoms with van der Waals surface area (Å²) in [7, 11) is -3.01. The summed E-state index contributed by atoms with van der Waals surface area (Å²) in [5.74, 6) is -1.58. The number of carbonyl (C=O) groups is 2. The van der Waals surface area contributed by atoms with Gasteiger partial charge >= 0.3 is 6.18 Å². The van der Waals surface area contributed by atoms with Crippen molar-refractivity contribution in [1.29, 1.82) is 0 Å². The average Bonchev–Trinajstić information content (AvgIpc) is 2.95. The molecule has 8 nitrogen and oxygen atoms in total. The number of anilines is 1. The van der Waals surface area contributed by atoms with E-state index >= 15 is 0 Å². The van der Waals surface area contributed by atoms with E-state index in [1.165, 1.54) is 7.11 Å². The molecule has 0 saturated heterocycles. The second-order valence-electron chi connectivity index (χ2n) is 6.15. The van der Waals surface area contributed by atoms with E-state index in [0.717, 1.165) is 30.3 Å². The number of ether oxygens (including phenoxy) is 2. The largest absolute Gasteiger partial charge is 0.489 e. The number of hydrogen-bond donors (Lipinski definition) is 2. The summed E-state index contributed by atoms with van der Waals surface area (Å²) in [5.41, 5.74) is -1.68. The number of methoxy groups -OCH3 is 1. The molecule has 2 N–H and O–H groups in total. The standard InChI is InChI=1S/C18H15F3N2O6S/c1-28-6-7-29-15-5-2-10(18(19,20)21)8-14(15)23-30(26,27)11-3-4-12-13(9-11)17(25)22-16(12)24/h2-5,8-9,23H,6-7H2,1H3,(H,22,24,25). The van der Waals surface area contributed by atoms with Crippen LogP contribution in [0, 0.1) is 0 Å². The first-order valence-electron chi connectivity index (χ1n) is 8.38. The molecule has 0 saturated carbocycles. The van der Waals surface area contributed by atoms with E-state index in [0.29, 0.717) is 6.07 Å². The van der Waals surface area contributed by atoms with Gasteiger partial charge in [0.05, 0.1) is 33.9 Å². The summed E-state index contributed by atoms with van der Waals surface area (Å²) in [6.07, 6.45) is -4.71. The van der Waals surface area contributed by atoms with Crippen LogP contribution in [0.1, 0.15) is 26.3 Å². The molecule has 0 bridgehead atoms. The Balaban J connectivity index is 1.98. The van der Waals surface area contributed by atoms with Crippen LogP contribution < -0.4 is 14.8 Å². The molecule has 3 rings (SSSR count). The van der Waals surface area contributed by atoms with Gasteiger partial charge in [-0.2, -0.15) is 13.2 Å². The minimum Gasteiger partial charge on any atom is -0.489 e. The highest BCUT2D eigenvalue weighted by molar-refractivity contribution is 7.92. The second-order valence-corrected chi connectivity index (χ2v) is 7.83. The molecule has 0 atom stereocenters. The first-order chi connectivity index (χ1) is 14.0. The van der Waals surface area contributed by atoms with E-state index in [4.69, 9.17) is 9.47 Å². The molecule has 2 aromatic rings. The van der Waals surface area contributed by atoms with Gasteiger partial charge in [-0.3, -0.25) is 19.6 Å². The van der Waals surface area contributed by atoms with Crippen molar-refractivity contribution in [1.82, 2.24) is 5.32 Å². The van der Waals surface area contributed by atoms with Gasteiger partial charge in [0.1, 0.15) is 12.4 Å². The van der Waals surface area contributed by atoms with Gasteiger partial charge in [-0.15, -0.1) is 0 Å². The lowest BCUT2D eigenvalue weighted by molar-refractivity contribution is -0.137. The monoisotopic (exact) mass is 444 g/mol. The maximum Gasteiger partial charge on any atom is 0.416 e. The normalized spacial score (nSPS) is 13.7. The molecule has 30 heavy (non-hydrogen) atoms. The molecule has 0 spiro atoms. The van der Waals surface area contributed by atoms with E-state index in [2.05, 4.69) is 0 Å². The molecule has 0 aromatic heterocycles. The summed E-state index contributed by atoms with van der Waals surface area (Å²) in [4.78, 5) is 23.0. The molecule has 12 heteroatoms. The molecule has 0 aliphatic carbocycles. The van der Waals surface area contributed by atoms with E-state index in [1.54, 1.807) is 0 Å². The van der Waals surface area contributed by atoms with Crippen molar-refractivity contribution in [3.8, 4) is 5.75 Å². The van der Waals surface area contributed by atoms with Crippen LogP contribution in [0.3, 0.4) is 0 Å². The van der Waals surface area contributed by atoms with Crippen LogP contribution in [0.2, 0.25) is 0 Å². The van der Waals surface area contributed by atoms with E-state index in [9.17, 15) is 31.2 Å². The highest BCUT2D eigenvalue weighted by Gasteiger charge is 2.32. The lowest BCUT2D eigenvalue weighted by Gasteiger charge is -2.16. The maximum atomic E-state index is 13.1. The fourth-order valence-corrected chi connectivity index (χ4v) is 3.75. The van der Waals surface area contributed by atoms with Crippen molar-refractivity contribution in [2.75, 3.05) is 25.0 Å². The summed E-state index contributed by atoms with van der Waals surface area (Å²) < 4.78 is 76.9. The second kappa shape index (κ2) is 7.95. The molecule has 0 fully saturated rings. The third-order valence-corrected chi connectivity index (χ3v) is 5.48. The van der Waals surface area contributed by atoms with Gasteiger partial charge in [0.25, 0.3) is 21.8 Å². The van der Waals surface area contributed by atoms with Crippen molar-refractivity contribution in [3.63, 3.8) is 0 Å². The molecule has 0 unspecified atom stereocenters. The molecule has 0 radical (unpaired) electrons. The molecule has 1 aliphatic heterocycles. The molecular weight excluding hydrogens is 429 g/mol. The van der Waals surface area contributed by atoms with Gasteiger partial charge in [0.2, 0.25) is 0 Å². The first-order valence-corrected chi connectivity index (χ1v) is 9.87. The zero-order valence-corrected chi connectivity index (χ0v) is 16.2. The van der Waals surface area contributed by atoms with Gasteiger partial charge < -0.3 is 9.47 Å². The number of alkyl halides is 3. The topological polar surface area (TPSA) is 111 Å². The van der Waals surface area contributed by atoms with Crippen LogP contribution in [0.25, 0.3) is 0 Å². The van der Waals surface area contributed by atoms with Crippen LogP contribution in [-0.4, -0.2) is 40.6 Å². The van der Waals surface area contributed by atoms with Gasteiger partial charge in [-0.1, -0.05) is 0 Å². The summed E-state index contributed by atoms with van der Waals surface area (Å²) in [6.45, 7) is 0.0961. The van der Waals surface area contributed by atoms with Gasteiger partial charge in [-0.25, -0.2) is 8.42 Å². The SMILES string of the molecule is COCCOc1ccc(C(F)(F)F)cc1NS(=O)(=O)c1ccc2c(c1)C(=O)NC2=O. The fourth-order valence-electron chi connectivity index (χ4n) is 2.66. The molecule has 1 heterocycles. The van der Waals surface area contributed by atoms with Crippen molar-refractivity contribution in [3.05, 3.63) is 53.1 Å². The number of amides is 2. The van der Waals surface area contributed by atoms with Gasteiger partial charge in [-0.05, 0) is 36.4 Å². The van der Waals surface area contributed by atoms with Crippen molar-refractivity contribution in [2.45, 2.75) is 11.1 Å². The van der Waals surface area contributed by atoms with Crippen molar-refractivity contribution >= 4 is 27.5 Å². The smallest absolute Gasteiger partial charge is 0.416 e. The predicted molar refractivity (Wildman–Crippen MR) is 97.9 cm³/mol. The quantitative estimate of drug-likeness (QED) is 0.501. The lowest BCUT2D eigenvalue weighted by Crippen LogP contribution is -2.20. The average molecular weight is 444 g/mol. The number of imide groups is 1. The van der Waals surface area contributed by atoms with Gasteiger partial charge in [0.15, 0.2) is 0 Å². The Kier molecular flexibility index (Phi) is 5.72. The van der Waals surface area contributed by atoms with Crippen LogP contribution >= 0.6 is 0 Å². The predicted octanol–water partition coefficient (Wildman–Crippen LogP) is 2.42. The Labute approximate surface area is 169 Å². The zero-order chi connectivity index (χ0) is 22.1. The number of hydrogen-bond acceptors (Lipinski definition) is 6. The van der Waals surface area contributed by atoms with Crippen LogP contribution in [0.4, 0.5) is 18.9 Å². The maximum absolute atomic E-state index is 13.1. The Morgan fingerprint density at radius 1 is 1.00 bits per heavy atom. The summed E-state index contributed by atoms with van der Waals surface area (Å²) in [5, 5.41) is 2.02. The molecule has 160 valence electrons. The van der Waals surface area contributed by atoms with Crippen molar-refractivity contribution in [2.24, 2.45) is 0 Å². The molecular formula is C18H15F3N2O6S. The molecule has 1 aliphatic rings. The first kappa shape index (κ1) is 21.6. The zero-order valence-electron chi connectivity index (χ0n) is 15.4. The number of halogens is 3. The minimum atomic E-state index is -4.71. The number of benzene rings is 2. The number of sulfonamides is 1. The van der Waals surface area contributed by atoms with Crippen LogP contribution in [0.15, 0.2) is 41.3 Å². The Hall–Kier alpha value is -3.12. The van der Waals surface area contributed by atoms with Crippen molar-refractivity contribution < 1.29 is 40.7 Å². The third kappa shape index (κ3) is 4.39. The Morgan fingerprint density at radius 2 is 1.70 bits per heavy atom. The summed E-state index contributed by atoms with van der Waals surface area (Å²) in [6, 6.07) is 5.53. The number of nitrogens with one attached hydrogen (secondary N) is 2. The fraction of sp³-hybridized carbons (Fsp3) is 0.222. The van der Waals surface area contributed by atoms with Gasteiger partial charge in [0, 0.05) is 7.11 Å². The Bertz CT molecular complexity index is 1120. The third-order valence-electron chi connectivity index (χ3n) is 4.11. The lowest BCUT2D eigenvalue weighted by atomic mass is 10.1. The number of carbonyl (C=O) groups excluding carboxylic acids is 2. The van der Waals surface area contributed by atoms with Crippen LogP contribution in [-0.2, 0) is 20.9 Å². The molecule has 2 amide bonds. The molecule has 2 aromatic carbocycles. The number of rotatable bonds is 7. The van der Waals surface area contributed by atoms with E-state index in [1.807, 2.05) is 10.0 Å². The van der Waals surface area contributed by atoms with E-state index in [-0.39, 0.29) is 30.1 Å². The highest BCUT2D eigenvalue weighted by atomic mass is 32.2. The highest BCUT2D eigenvalue weighted by Crippen LogP contribution is 2.36. The minimum absolute atomic E-state index is 0.00149.